The summed E-state index contributed by atoms with van der Waals surface area (Å²) in [6.45, 7) is 4.08. The molecule has 1 atom stereocenters. The zero-order valence-electron chi connectivity index (χ0n) is 13.1. The van der Waals surface area contributed by atoms with Crippen LogP contribution in [-0.2, 0) is 11.2 Å². The minimum Gasteiger partial charge on any atom is -0.349 e. The number of nitrogens with one attached hydrogen (secondary N) is 1. The molecule has 2 nitrogen and oxygen atoms in total. The van der Waals surface area contributed by atoms with Gasteiger partial charge in [-0.3, -0.25) is 4.79 Å². The maximum atomic E-state index is 13.5. The highest BCUT2D eigenvalue weighted by atomic mass is 19.1. The van der Waals surface area contributed by atoms with Gasteiger partial charge in [0.1, 0.15) is 5.82 Å². The van der Waals surface area contributed by atoms with Crippen LogP contribution in [0.2, 0.25) is 0 Å². The molecule has 0 fully saturated rings. The third kappa shape index (κ3) is 4.42. The Morgan fingerprint density at radius 3 is 2.45 bits per heavy atom. The maximum absolute atomic E-state index is 13.5. The summed E-state index contributed by atoms with van der Waals surface area (Å²) in [4.78, 5) is 12.1. The van der Waals surface area contributed by atoms with Gasteiger partial charge >= 0.3 is 0 Å². The lowest BCUT2D eigenvalue weighted by atomic mass is 10.0. The van der Waals surface area contributed by atoms with E-state index in [0.717, 1.165) is 12.0 Å². The van der Waals surface area contributed by atoms with Crippen molar-refractivity contribution in [3.63, 3.8) is 0 Å². The van der Waals surface area contributed by atoms with E-state index in [2.05, 4.69) is 5.32 Å². The first-order chi connectivity index (χ1) is 10.6. The molecule has 2 aromatic carbocycles. The van der Waals surface area contributed by atoms with Gasteiger partial charge in [0.05, 0.1) is 6.04 Å². The van der Waals surface area contributed by atoms with Crippen LogP contribution in [0.1, 0.15) is 42.5 Å². The Balaban J connectivity index is 1.92. The number of rotatable bonds is 6. The maximum Gasteiger partial charge on any atom is 0.220 e. The molecule has 0 radical (unpaired) electrons. The van der Waals surface area contributed by atoms with Crippen LogP contribution in [0.5, 0.6) is 0 Å². The molecule has 2 aromatic rings. The highest BCUT2D eigenvalue weighted by Gasteiger charge is 2.13. The molecule has 116 valence electrons. The molecule has 0 saturated carbocycles. The molecule has 22 heavy (non-hydrogen) atoms. The topological polar surface area (TPSA) is 29.1 Å². The molecule has 0 aliphatic heterocycles. The highest BCUT2D eigenvalue weighted by molar-refractivity contribution is 5.76. The summed E-state index contributed by atoms with van der Waals surface area (Å²) in [5.41, 5.74) is 2.89. The van der Waals surface area contributed by atoms with Gasteiger partial charge in [0, 0.05) is 6.42 Å². The summed E-state index contributed by atoms with van der Waals surface area (Å²) < 4.78 is 13.5. The third-order valence-corrected chi connectivity index (χ3v) is 3.80. The predicted octanol–water partition coefficient (Wildman–Crippen LogP) is 4.33. The molecule has 0 bridgehead atoms. The summed E-state index contributed by atoms with van der Waals surface area (Å²) in [6.07, 6.45) is 1.54. The molecule has 0 spiro atoms. The van der Waals surface area contributed by atoms with Crippen molar-refractivity contribution in [1.29, 1.82) is 0 Å². The second-order valence-electron chi connectivity index (χ2n) is 5.53. The molecule has 2 rings (SSSR count). The number of amides is 1. The second-order valence-corrected chi connectivity index (χ2v) is 5.53. The van der Waals surface area contributed by atoms with Crippen LogP contribution < -0.4 is 5.32 Å². The van der Waals surface area contributed by atoms with E-state index < -0.39 is 0 Å². The Bertz CT molecular complexity index is 622. The molecule has 0 aliphatic carbocycles. The molecule has 0 unspecified atom stereocenters. The van der Waals surface area contributed by atoms with Crippen molar-refractivity contribution < 1.29 is 9.18 Å². The SMILES string of the molecule is CC[C@H](NC(=O)CCc1ccccc1F)c1ccc(C)cc1. The van der Waals surface area contributed by atoms with Gasteiger partial charge in [-0.25, -0.2) is 4.39 Å². The number of carbonyl (C=O) groups excluding carboxylic acids is 1. The first-order valence-corrected chi connectivity index (χ1v) is 7.69. The van der Waals surface area contributed by atoms with Crippen molar-refractivity contribution in [2.75, 3.05) is 0 Å². The fraction of sp³-hybridized carbons (Fsp3) is 0.316. The standard InChI is InChI=1S/C19H22FNO/c1-3-18(16-10-8-14(2)9-11-16)21-19(22)13-12-15-6-4-5-7-17(15)20/h4-11,18H,3,12-13H2,1-2H3,(H,21,22)/t18-/m0/s1. The lowest BCUT2D eigenvalue weighted by molar-refractivity contribution is -0.121. The van der Waals surface area contributed by atoms with E-state index in [4.69, 9.17) is 0 Å². The van der Waals surface area contributed by atoms with E-state index in [9.17, 15) is 9.18 Å². The number of benzene rings is 2. The number of hydrogen-bond donors (Lipinski definition) is 1. The Hall–Kier alpha value is -2.16. The molecular formula is C19H22FNO. The first kappa shape index (κ1) is 16.2. The van der Waals surface area contributed by atoms with E-state index in [0.29, 0.717) is 18.4 Å². The summed E-state index contributed by atoms with van der Waals surface area (Å²) in [7, 11) is 0. The smallest absolute Gasteiger partial charge is 0.220 e. The minimum atomic E-state index is -0.249. The van der Waals surface area contributed by atoms with Crippen LogP contribution in [0.4, 0.5) is 4.39 Å². The number of carbonyl (C=O) groups is 1. The Labute approximate surface area is 131 Å². The van der Waals surface area contributed by atoms with Gasteiger partial charge in [-0.15, -0.1) is 0 Å². The predicted molar refractivity (Wildman–Crippen MR) is 87.1 cm³/mol. The minimum absolute atomic E-state index is 0.00807. The van der Waals surface area contributed by atoms with E-state index >= 15 is 0 Å². The summed E-state index contributed by atoms with van der Waals surface area (Å²) in [5, 5.41) is 3.03. The van der Waals surface area contributed by atoms with Gasteiger partial charge in [0.2, 0.25) is 5.91 Å². The molecule has 0 aliphatic rings. The average Bonchev–Trinajstić information content (AvgIpc) is 2.53. The van der Waals surface area contributed by atoms with Crippen LogP contribution in [0, 0.1) is 12.7 Å². The number of hydrogen-bond acceptors (Lipinski definition) is 1. The largest absolute Gasteiger partial charge is 0.349 e. The fourth-order valence-electron chi connectivity index (χ4n) is 2.44. The van der Waals surface area contributed by atoms with Gasteiger partial charge in [-0.05, 0) is 37.0 Å². The normalized spacial score (nSPS) is 12.0. The lowest BCUT2D eigenvalue weighted by Crippen LogP contribution is -2.28. The molecule has 1 N–H and O–H groups in total. The van der Waals surface area contributed by atoms with Crippen molar-refractivity contribution in [2.45, 2.75) is 39.2 Å². The monoisotopic (exact) mass is 299 g/mol. The third-order valence-electron chi connectivity index (χ3n) is 3.80. The van der Waals surface area contributed by atoms with Gasteiger partial charge < -0.3 is 5.32 Å². The fourth-order valence-corrected chi connectivity index (χ4v) is 2.44. The zero-order chi connectivity index (χ0) is 15.9. The van der Waals surface area contributed by atoms with Crippen molar-refractivity contribution >= 4 is 5.91 Å². The second kappa shape index (κ2) is 7.74. The Kier molecular flexibility index (Phi) is 5.70. The van der Waals surface area contributed by atoms with E-state index in [1.165, 1.54) is 11.6 Å². The first-order valence-electron chi connectivity index (χ1n) is 7.69. The molecule has 1 amide bonds. The van der Waals surface area contributed by atoms with Crippen LogP contribution in [0.25, 0.3) is 0 Å². The number of aryl methyl sites for hydroxylation is 2. The van der Waals surface area contributed by atoms with Gasteiger partial charge in [-0.1, -0.05) is 55.0 Å². The molecule has 0 saturated heterocycles. The molecule has 0 aromatic heterocycles. The van der Waals surface area contributed by atoms with Crippen molar-refractivity contribution in [3.05, 3.63) is 71.0 Å². The molecule has 3 heteroatoms. The Morgan fingerprint density at radius 2 is 1.82 bits per heavy atom. The van der Waals surface area contributed by atoms with E-state index in [-0.39, 0.29) is 17.8 Å². The van der Waals surface area contributed by atoms with Crippen LogP contribution in [0.3, 0.4) is 0 Å². The van der Waals surface area contributed by atoms with Crippen LogP contribution in [-0.4, -0.2) is 5.91 Å². The van der Waals surface area contributed by atoms with Crippen LogP contribution in [0.15, 0.2) is 48.5 Å². The van der Waals surface area contributed by atoms with Gasteiger partial charge in [0.15, 0.2) is 0 Å². The van der Waals surface area contributed by atoms with Crippen molar-refractivity contribution in [3.8, 4) is 0 Å². The summed E-state index contributed by atoms with van der Waals surface area (Å²) >= 11 is 0. The molecule has 0 heterocycles. The zero-order valence-corrected chi connectivity index (χ0v) is 13.1. The van der Waals surface area contributed by atoms with E-state index in [1.54, 1.807) is 18.2 Å². The van der Waals surface area contributed by atoms with Gasteiger partial charge in [0.25, 0.3) is 0 Å². The average molecular weight is 299 g/mol. The van der Waals surface area contributed by atoms with Crippen molar-refractivity contribution in [2.24, 2.45) is 0 Å². The molecular weight excluding hydrogens is 277 g/mol. The summed E-state index contributed by atoms with van der Waals surface area (Å²) in [5.74, 6) is -0.295. The quantitative estimate of drug-likeness (QED) is 0.845. The van der Waals surface area contributed by atoms with Gasteiger partial charge in [-0.2, -0.15) is 0 Å². The van der Waals surface area contributed by atoms with Crippen molar-refractivity contribution in [1.82, 2.24) is 5.32 Å². The number of halogens is 1. The van der Waals surface area contributed by atoms with E-state index in [1.807, 2.05) is 38.1 Å². The lowest BCUT2D eigenvalue weighted by Gasteiger charge is -2.18. The summed E-state index contributed by atoms with van der Waals surface area (Å²) in [6, 6.07) is 14.8. The Morgan fingerprint density at radius 1 is 1.14 bits per heavy atom. The highest BCUT2D eigenvalue weighted by Crippen LogP contribution is 2.17. The van der Waals surface area contributed by atoms with Crippen LogP contribution >= 0.6 is 0 Å².